The molecule has 10 nitrogen and oxygen atoms in total. The third-order valence-electron chi connectivity index (χ3n) is 5.53. The van der Waals surface area contributed by atoms with Gasteiger partial charge < -0.3 is 15.1 Å². The highest BCUT2D eigenvalue weighted by Crippen LogP contribution is 2.35. The standard InChI is InChI=1S/C19H19BrN8O2/c20-12-9-21-19(22-10-12)23-13-4-7-27(11-13)17-15-3-2-14(28(29)30)8-16(15)18(25-24-17)26-5-1-6-26/h2-3,8-10,13H,1,4-7,11H2,(H,21,22,23)/t13-/m1/s1. The maximum Gasteiger partial charge on any atom is 0.270 e. The number of nitrogens with one attached hydrogen (secondary N) is 1. The monoisotopic (exact) mass is 470 g/mol. The van der Waals surface area contributed by atoms with Crippen molar-refractivity contribution in [1.82, 2.24) is 20.2 Å². The molecule has 154 valence electrons. The van der Waals surface area contributed by atoms with Gasteiger partial charge in [-0.15, -0.1) is 10.2 Å². The Bertz CT molecular complexity index is 1110. The summed E-state index contributed by atoms with van der Waals surface area (Å²) in [5, 5.41) is 25.3. The number of halogens is 1. The van der Waals surface area contributed by atoms with E-state index in [9.17, 15) is 10.1 Å². The number of aromatic nitrogens is 4. The molecule has 4 heterocycles. The molecule has 0 saturated carbocycles. The van der Waals surface area contributed by atoms with Crippen LogP contribution in [0.25, 0.3) is 10.8 Å². The zero-order chi connectivity index (χ0) is 20.7. The van der Waals surface area contributed by atoms with Gasteiger partial charge in [0.15, 0.2) is 11.6 Å². The lowest BCUT2D eigenvalue weighted by molar-refractivity contribution is -0.384. The van der Waals surface area contributed by atoms with Crippen molar-refractivity contribution in [3.63, 3.8) is 0 Å². The van der Waals surface area contributed by atoms with Gasteiger partial charge in [0.1, 0.15) is 0 Å². The van der Waals surface area contributed by atoms with Gasteiger partial charge in [0, 0.05) is 67.5 Å². The number of nitrogens with zero attached hydrogens (tertiary/aromatic N) is 7. The summed E-state index contributed by atoms with van der Waals surface area (Å²) < 4.78 is 0.833. The summed E-state index contributed by atoms with van der Waals surface area (Å²) in [5.74, 6) is 2.07. The smallest absolute Gasteiger partial charge is 0.270 e. The Morgan fingerprint density at radius 2 is 1.80 bits per heavy atom. The van der Waals surface area contributed by atoms with Gasteiger partial charge in [-0.3, -0.25) is 10.1 Å². The van der Waals surface area contributed by atoms with Crippen LogP contribution in [0.3, 0.4) is 0 Å². The predicted molar refractivity (Wildman–Crippen MR) is 117 cm³/mol. The number of anilines is 3. The van der Waals surface area contributed by atoms with Crippen LogP contribution in [-0.2, 0) is 0 Å². The second kappa shape index (κ2) is 7.63. The Morgan fingerprint density at radius 3 is 2.47 bits per heavy atom. The van der Waals surface area contributed by atoms with Crippen LogP contribution in [0.2, 0.25) is 0 Å². The lowest BCUT2D eigenvalue weighted by atomic mass is 10.1. The van der Waals surface area contributed by atoms with Crippen molar-refractivity contribution in [2.45, 2.75) is 18.9 Å². The SMILES string of the molecule is O=[N+]([O-])c1ccc2c(N3CC[C@@H](Nc4ncc(Br)cn4)C3)nnc(N3CCC3)c2c1. The number of nitro benzene ring substituents is 1. The normalized spacial score (nSPS) is 18.5. The topological polar surface area (TPSA) is 113 Å². The van der Waals surface area contributed by atoms with E-state index in [2.05, 4.69) is 51.2 Å². The molecule has 30 heavy (non-hydrogen) atoms. The third-order valence-corrected chi connectivity index (χ3v) is 5.94. The number of fused-ring (bicyclic) bond motifs is 1. The molecule has 0 bridgehead atoms. The fraction of sp³-hybridized carbons (Fsp3) is 0.368. The highest BCUT2D eigenvalue weighted by Gasteiger charge is 2.28. The number of hydrogen-bond acceptors (Lipinski definition) is 9. The van der Waals surface area contributed by atoms with E-state index in [1.165, 1.54) is 6.07 Å². The van der Waals surface area contributed by atoms with E-state index in [1.54, 1.807) is 24.5 Å². The highest BCUT2D eigenvalue weighted by molar-refractivity contribution is 9.10. The molecule has 0 radical (unpaired) electrons. The van der Waals surface area contributed by atoms with Gasteiger partial charge in [-0.25, -0.2) is 9.97 Å². The van der Waals surface area contributed by atoms with E-state index < -0.39 is 0 Å². The minimum atomic E-state index is -0.368. The molecule has 11 heteroatoms. The van der Waals surface area contributed by atoms with Crippen LogP contribution in [0, 0.1) is 10.1 Å². The van der Waals surface area contributed by atoms with Gasteiger partial charge in [0.2, 0.25) is 5.95 Å². The third kappa shape index (κ3) is 3.49. The lowest BCUT2D eigenvalue weighted by Gasteiger charge is -2.33. The van der Waals surface area contributed by atoms with Gasteiger partial charge in [-0.1, -0.05) is 0 Å². The van der Waals surface area contributed by atoms with E-state index in [0.29, 0.717) is 5.95 Å². The van der Waals surface area contributed by atoms with Crippen LogP contribution >= 0.6 is 15.9 Å². The zero-order valence-corrected chi connectivity index (χ0v) is 17.6. The Hall–Kier alpha value is -3.08. The molecule has 2 saturated heterocycles. The van der Waals surface area contributed by atoms with Crippen molar-refractivity contribution in [2.24, 2.45) is 0 Å². The molecule has 0 unspecified atom stereocenters. The second-order valence-corrected chi connectivity index (χ2v) is 8.39. The number of nitro groups is 1. The van der Waals surface area contributed by atoms with Gasteiger partial charge in [0.25, 0.3) is 5.69 Å². The molecule has 0 aliphatic carbocycles. The van der Waals surface area contributed by atoms with Gasteiger partial charge in [0.05, 0.1) is 9.40 Å². The molecule has 1 N–H and O–H groups in total. The first kappa shape index (κ1) is 18.9. The maximum absolute atomic E-state index is 11.3. The average Bonchev–Trinajstić information content (AvgIpc) is 3.16. The number of non-ortho nitro benzene ring substituents is 1. The van der Waals surface area contributed by atoms with E-state index in [4.69, 9.17) is 0 Å². The van der Waals surface area contributed by atoms with Crippen molar-refractivity contribution < 1.29 is 4.92 Å². The highest BCUT2D eigenvalue weighted by atomic mass is 79.9. The Labute approximate surface area is 180 Å². The van der Waals surface area contributed by atoms with Crippen LogP contribution in [0.4, 0.5) is 23.3 Å². The van der Waals surface area contributed by atoms with Crippen molar-refractivity contribution >= 4 is 50.0 Å². The fourth-order valence-corrected chi connectivity index (χ4v) is 4.07. The number of benzene rings is 1. The van der Waals surface area contributed by atoms with Gasteiger partial charge in [-0.2, -0.15) is 0 Å². The summed E-state index contributed by atoms with van der Waals surface area (Å²) in [4.78, 5) is 23.8. The first-order chi connectivity index (χ1) is 14.6. The summed E-state index contributed by atoms with van der Waals surface area (Å²) >= 11 is 3.34. The van der Waals surface area contributed by atoms with Crippen LogP contribution in [0.15, 0.2) is 35.1 Å². The molecular weight excluding hydrogens is 452 g/mol. The maximum atomic E-state index is 11.3. The molecule has 3 aromatic rings. The largest absolute Gasteiger partial charge is 0.354 e. The van der Waals surface area contributed by atoms with E-state index in [1.807, 2.05) is 0 Å². The van der Waals surface area contributed by atoms with Crippen molar-refractivity contribution in [3.8, 4) is 0 Å². The summed E-state index contributed by atoms with van der Waals surface area (Å²) in [6.07, 6.45) is 5.42. The summed E-state index contributed by atoms with van der Waals surface area (Å²) in [6, 6.07) is 5.12. The van der Waals surface area contributed by atoms with Crippen molar-refractivity contribution in [3.05, 3.63) is 45.2 Å². The van der Waals surface area contributed by atoms with Gasteiger partial charge in [-0.05, 0) is 34.8 Å². The van der Waals surface area contributed by atoms with Gasteiger partial charge >= 0.3 is 0 Å². The Balaban J connectivity index is 1.44. The second-order valence-electron chi connectivity index (χ2n) is 7.48. The quantitative estimate of drug-likeness (QED) is 0.443. The molecule has 5 rings (SSSR count). The Morgan fingerprint density at radius 1 is 1.07 bits per heavy atom. The van der Waals surface area contributed by atoms with E-state index >= 15 is 0 Å². The predicted octanol–water partition coefficient (Wildman–Crippen LogP) is 2.99. The molecule has 2 aromatic heterocycles. The first-order valence-corrected chi connectivity index (χ1v) is 10.6. The minimum absolute atomic E-state index is 0.0663. The number of hydrogen-bond donors (Lipinski definition) is 1. The van der Waals surface area contributed by atoms with E-state index in [-0.39, 0.29) is 16.7 Å². The fourth-order valence-electron chi connectivity index (χ4n) is 3.86. The summed E-state index contributed by atoms with van der Waals surface area (Å²) in [7, 11) is 0. The molecule has 0 amide bonds. The van der Waals surface area contributed by atoms with Crippen molar-refractivity contribution in [2.75, 3.05) is 41.3 Å². The number of rotatable bonds is 5. The molecule has 0 spiro atoms. The van der Waals surface area contributed by atoms with Crippen LogP contribution in [0.1, 0.15) is 12.8 Å². The molecule has 1 atom stereocenters. The summed E-state index contributed by atoms with van der Waals surface area (Å²) in [6.45, 7) is 3.32. The van der Waals surface area contributed by atoms with E-state index in [0.717, 1.165) is 65.9 Å². The first-order valence-electron chi connectivity index (χ1n) is 9.77. The van der Waals surface area contributed by atoms with Crippen molar-refractivity contribution in [1.29, 1.82) is 0 Å². The van der Waals surface area contributed by atoms with Crippen LogP contribution in [0.5, 0.6) is 0 Å². The lowest BCUT2D eigenvalue weighted by Crippen LogP contribution is -2.38. The minimum Gasteiger partial charge on any atom is -0.354 e. The average molecular weight is 471 g/mol. The summed E-state index contributed by atoms with van der Waals surface area (Å²) in [5.41, 5.74) is 0.0663. The molecule has 2 fully saturated rings. The molecule has 2 aliphatic heterocycles. The van der Waals surface area contributed by atoms with Crippen LogP contribution < -0.4 is 15.1 Å². The molecular formula is C19H19BrN8O2. The zero-order valence-electron chi connectivity index (χ0n) is 16.0. The Kier molecular flexibility index (Phi) is 4.81. The van der Waals surface area contributed by atoms with Crippen LogP contribution in [-0.4, -0.2) is 57.3 Å². The molecule has 1 aromatic carbocycles. The molecule has 2 aliphatic rings.